The minimum Gasteiger partial charge on any atom is -0.378 e. The molecule has 0 unspecified atom stereocenters. The average Bonchev–Trinajstić information content (AvgIpc) is 2.46. The van der Waals surface area contributed by atoms with E-state index in [0.29, 0.717) is 36.3 Å². The molecule has 0 atom stereocenters. The van der Waals surface area contributed by atoms with Crippen LogP contribution in [0.2, 0.25) is 0 Å². The number of hydrogen-bond acceptors (Lipinski definition) is 3. The highest BCUT2D eigenvalue weighted by Crippen LogP contribution is 2.20. The van der Waals surface area contributed by atoms with Crippen LogP contribution in [0, 0.1) is 5.82 Å². The van der Waals surface area contributed by atoms with E-state index in [-0.39, 0.29) is 24.4 Å². The van der Waals surface area contributed by atoms with E-state index >= 15 is 0 Å². The molecule has 1 heterocycles. The van der Waals surface area contributed by atoms with Gasteiger partial charge in [-0.25, -0.2) is 4.39 Å². The van der Waals surface area contributed by atoms with E-state index in [2.05, 4.69) is 15.9 Å². The van der Waals surface area contributed by atoms with Gasteiger partial charge in [-0.3, -0.25) is 4.79 Å². The lowest BCUT2D eigenvalue weighted by atomic mass is 10.1. The monoisotopic (exact) mass is 394 g/mol. The van der Waals surface area contributed by atoms with Crippen molar-refractivity contribution in [2.75, 3.05) is 26.2 Å². The van der Waals surface area contributed by atoms with Gasteiger partial charge in [-0.1, -0.05) is 15.9 Å². The Balaban J connectivity index is 0.00000242. The van der Waals surface area contributed by atoms with Gasteiger partial charge in [0.2, 0.25) is 0 Å². The minimum atomic E-state index is -0.410. The molecule has 0 radical (unpaired) electrons. The second-order valence-corrected chi connectivity index (χ2v) is 6.08. The van der Waals surface area contributed by atoms with Crippen LogP contribution < -0.4 is 5.73 Å². The van der Waals surface area contributed by atoms with Crippen LogP contribution in [0.4, 0.5) is 4.39 Å². The van der Waals surface area contributed by atoms with E-state index in [1.807, 2.05) is 0 Å². The Morgan fingerprint density at radius 3 is 2.64 bits per heavy atom. The standard InChI is InChI=1S/C15H20BrFN2O2.ClH/c16-12-8-11(9-13(17)10-12)15(20)19-5-2-14(3-6-19)21-7-1-4-18;/h8-10,14H,1-7,18H2;1H. The Kier molecular flexibility index (Phi) is 8.31. The zero-order valence-electron chi connectivity index (χ0n) is 12.3. The van der Waals surface area contributed by atoms with Crippen molar-refractivity contribution in [2.45, 2.75) is 25.4 Å². The van der Waals surface area contributed by atoms with Crippen LogP contribution in [-0.4, -0.2) is 43.2 Å². The number of nitrogens with two attached hydrogens (primary N) is 1. The Morgan fingerprint density at radius 1 is 1.36 bits per heavy atom. The number of likely N-dealkylation sites (tertiary alicyclic amines) is 1. The lowest BCUT2D eigenvalue weighted by Gasteiger charge is -2.32. The summed E-state index contributed by atoms with van der Waals surface area (Å²) in [4.78, 5) is 14.1. The van der Waals surface area contributed by atoms with Crippen molar-refractivity contribution >= 4 is 34.2 Å². The van der Waals surface area contributed by atoms with Crippen molar-refractivity contribution in [1.29, 1.82) is 0 Å². The highest BCUT2D eigenvalue weighted by atomic mass is 79.9. The maximum atomic E-state index is 13.4. The van der Waals surface area contributed by atoms with E-state index in [9.17, 15) is 9.18 Å². The quantitative estimate of drug-likeness (QED) is 0.780. The number of nitrogens with zero attached hydrogens (tertiary/aromatic N) is 1. The second kappa shape index (κ2) is 9.45. The molecular weight excluding hydrogens is 375 g/mol. The molecule has 22 heavy (non-hydrogen) atoms. The Labute approximate surface area is 144 Å². The number of halogens is 3. The smallest absolute Gasteiger partial charge is 0.253 e. The highest BCUT2D eigenvalue weighted by Gasteiger charge is 2.24. The zero-order valence-corrected chi connectivity index (χ0v) is 14.7. The maximum Gasteiger partial charge on any atom is 0.253 e. The fourth-order valence-electron chi connectivity index (χ4n) is 2.42. The largest absolute Gasteiger partial charge is 0.378 e. The molecule has 0 aliphatic carbocycles. The molecule has 1 aliphatic heterocycles. The van der Waals surface area contributed by atoms with Crippen LogP contribution in [0.25, 0.3) is 0 Å². The molecular formula is C15H21BrClFN2O2. The molecule has 124 valence electrons. The van der Waals surface area contributed by atoms with Crippen molar-refractivity contribution in [3.05, 3.63) is 34.1 Å². The van der Waals surface area contributed by atoms with Gasteiger partial charge >= 0.3 is 0 Å². The molecule has 1 fully saturated rings. The topological polar surface area (TPSA) is 55.6 Å². The molecule has 7 heteroatoms. The van der Waals surface area contributed by atoms with Gasteiger partial charge in [-0.05, 0) is 44.0 Å². The summed E-state index contributed by atoms with van der Waals surface area (Å²) < 4.78 is 19.6. The van der Waals surface area contributed by atoms with Gasteiger partial charge in [0.05, 0.1) is 6.10 Å². The molecule has 0 aromatic heterocycles. The van der Waals surface area contributed by atoms with E-state index in [1.165, 1.54) is 12.1 Å². The number of amides is 1. The first kappa shape index (κ1) is 19.4. The first-order chi connectivity index (χ1) is 10.1. The fraction of sp³-hybridized carbons (Fsp3) is 0.533. The van der Waals surface area contributed by atoms with Gasteiger partial charge in [-0.15, -0.1) is 12.4 Å². The van der Waals surface area contributed by atoms with Crippen LogP contribution in [0.3, 0.4) is 0 Å². The maximum absolute atomic E-state index is 13.4. The number of ether oxygens (including phenoxy) is 1. The van der Waals surface area contributed by atoms with Crippen molar-refractivity contribution in [3.8, 4) is 0 Å². The lowest BCUT2D eigenvalue weighted by molar-refractivity contribution is 0.00843. The normalized spacial score (nSPS) is 15.5. The number of piperidine rings is 1. The number of carbonyl (C=O) groups is 1. The molecule has 1 aliphatic rings. The molecule has 2 N–H and O–H groups in total. The molecule has 1 amide bonds. The summed E-state index contributed by atoms with van der Waals surface area (Å²) in [6, 6.07) is 4.26. The number of rotatable bonds is 5. The third-order valence-corrected chi connectivity index (χ3v) is 4.00. The number of hydrogen-bond donors (Lipinski definition) is 1. The van der Waals surface area contributed by atoms with Gasteiger partial charge in [0.25, 0.3) is 5.91 Å². The summed E-state index contributed by atoms with van der Waals surface area (Å²) in [5.74, 6) is -0.539. The highest BCUT2D eigenvalue weighted by molar-refractivity contribution is 9.10. The predicted molar refractivity (Wildman–Crippen MR) is 89.9 cm³/mol. The van der Waals surface area contributed by atoms with Crippen LogP contribution in [-0.2, 0) is 4.74 Å². The predicted octanol–water partition coefficient (Wildman–Crippen LogP) is 2.98. The van der Waals surface area contributed by atoms with E-state index < -0.39 is 5.82 Å². The minimum absolute atomic E-state index is 0. The third kappa shape index (κ3) is 5.50. The van der Waals surface area contributed by atoms with Crippen LogP contribution in [0.5, 0.6) is 0 Å². The number of carbonyl (C=O) groups excluding carboxylic acids is 1. The molecule has 2 rings (SSSR count). The van der Waals surface area contributed by atoms with Gasteiger partial charge in [0, 0.05) is 29.7 Å². The van der Waals surface area contributed by atoms with E-state index in [4.69, 9.17) is 10.5 Å². The summed E-state index contributed by atoms with van der Waals surface area (Å²) >= 11 is 3.21. The second-order valence-electron chi connectivity index (χ2n) is 5.16. The molecule has 1 aromatic rings. The molecule has 0 spiro atoms. The van der Waals surface area contributed by atoms with Gasteiger partial charge in [-0.2, -0.15) is 0 Å². The van der Waals surface area contributed by atoms with E-state index in [1.54, 1.807) is 11.0 Å². The van der Waals surface area contributed by atoms with Crippen molar-refractivity contribution in [3.63, 3.8) is 0 Å². The molecule has 0 bridgehead atoms. The van der Waals surface area contributed by atoms with Crippen molar-refractivity contribution in [2.24, 2.45) is 5.73 Å². The molecule has 1 saturated heterocycles. The summed E-state index contributed by atoms with van der Waals surface area (Å²) in [6.07, 6.45) is 2.68. The summed E-state index contributed by atoms with van der Waals surface area (Å²) in [5, 5.41) is 0. The van der Waals surface area contributed by atoms with Crippen LogP contribution in [0.1, 0.15) is 29.6 Å². The van der Waals surface area contributed by atoms with Gasteiger partial charge in [0.15, 0.2) is 0 Å². The number of benzene rings is 1. The van der Waals surface area contributed by atoms with Gasteiger partial charge in [0.1, 0.15) is 5.82 Å². The van der Waals surface area contributed by atoms with Gasteiger partial charge < -0.3 is 15.4 Å². The summed E-state index contributed by atoms with van der Waals surface area (Å²) in [5.41, 5.74) is 5.81. The summed E-state index contributed by atoms with van der Waals surface area (Å²) in [7, 11) is 0. The molecule has 4 nitrogen and oxygen atoms in total. The summed E-state index contributed by atoms with van der Waals surface area (Å²) in [6.45, 7) is 2.58. The van der Waals surface area contributed by atoms with Crippen molar-refractivity contribution < 1.29 is 13.9 Å². The third-order valence-electron chi connectivity index (χ3n) is 3.54. The van der Waals surface area contributed by atoms with Crippen molar-refractivity contribution in [1.82, 2.24) is 4.90 Å². The first-order valence-corrected chi connectivity index (χ1v) is 7.96. The van der Waals surface area contributed by atoms with Crippen LogP contribution in [0.15, 0.2) is 22.7 Å². The fourth-order valence-corrected chi connectivity index (χ4v) is 2.88. The lowest BCUT2D eigenvalue weighted by Crippen LogP contribution is -2.41. The SMILES string of the molecule is Cl.NCCCOC1CCN(C(=O)c2cc(F)cc(Br)c2)CC1. The Hall–Kier alpha value is -0.690. The Bertz CT molecular complexity index is 476. The van der Waals surface area contributed by atoms with Crippen LogP contribution >= 0.6 is 28.3 Å². The average molecular weight is 396 g/mol. The molecule has 0 saturated carbocycles. The zero-order chi connectivity index (χ0) is 15.2. The molecule has 1 aromatic carbocycles. The first-order valence-electron chi connectivity index (χ1n) is 7.17. The van der Waals surface area contributed by atoms with E-state index in [0.717, 1.165) is 19.3 Å². The Morgan fingerprint density at radius 2 is 2.05 bits per heavy atom.